The fourth-order valence-corrected chi connectivity index (χ4v) is 3.03. The summed E-state index contributed by atoms with van der Waals surface area (Å²) in [7, 11) is 0. The maximum Gasteiger partial charge on any atom is 0.241 e. The molecule has 2 unspecified atom stereocenters. The summed E-state index contributed by atoms with van der Waals surface area (Å²) in [5.41, 5.74) is 8.64. The molecule has 24 heavy (non-hydrogen) atoms. The van der Waals surface area contributed by atoms with E-state index in [-0.39, 0.29) is 24.2 Å². The van der Waals surface area contributed by atoms with Crippen molar-refractivity contribution in [3.05, 3.63) is 42.0 Å². The Morgan fingerprint density at radius 3 is 2.71 bits per heavy atom. The van der Waals surface area contributed by atoms with Crippen LogP contribution in [0.25, 0.3) is 16.2 Å². The molecule has 3 aromatic rings. The van der Waals surface area contributed by atoms with E-state index in [1.807, 2.05) is 60.3 Å². The highest BCUT2D eigenvalue weighted by atomic mass is 35.5. The zero-order chi connectivity index (χ0) is 16.4. The number of thiazole rings is 1. The Bertz CT molecular complexity index is 783. The number of benzene rings is 1. The van der Waals surface area contributed by atoms with Gasteiger partial charge in [-0.05, 0) is 18.1 Å². The Hall–Kier alpha value is -1.89. The molecule has 0 radical (unpaired) electrons. The highest BCUT2D eigenvalue weighted by Crippen LogP contribution is 2.23. The van der Waals surface area contributed by atoms with Gasteiger partial charge in [0.05, 0.1) is 11.7 Å². The third kappa shape index (κ3) is 3.77. The highest BCUT2D eigenvalue weighted by molar-refractivity contribution is 7.15. The van der Waals surface area contributed by atoms with Crippen molar-refractivity contribution in [1.82, 2.24) is 9.38 Å². The number of imidazole rings is 1. The van der Waals surface area contributed by atoms with Crippen LogP contribution in [0.1, 0.15) is 20.3 Å². The van der Waals surface area contributed by atoms with E-state index in [1.54, 1.807) is 11.3 Å². The van der Waals surface area contributed by atoms with Crippen molar-refractivity contribution in [2.24, 2.45) is 11.7 Å². The summed E-state index contributed by atoms with van der Waals surface area (Å²) in [5, 5.41) is 4.87. The molecule has 0 spiro atoms. The molecule has 7 heteroatoms. The van der Waals surface area contributed by atoms with E-state index in [0.717, 1.165) is 28.3 Å². The second kappa shape index (κ2) is 7.79. The number of rotatable bonds is 5. The Morgan fingerprint density at radius 2 is 2.08 bits per heavy atom. The lowest BCUT2D eigenvalue weighted by Crippen LogP contribution is -2.40. The predicted octanol–water partition coefficient (Wildman–Crippen LogP) is 3.80. The minimum atomic E-state index is -0.486. The molecule has 0 fully saturated rings. The van der Waals surface area contributed by atoms with Gasteiger partial charge in [-0.3, -0.25) is 9.20 Å². The number of fused-ring (bicyclic) bond motifs is 1. The number of aromatic nitrogens is 2. The molecule has 0 aliphatic heterocycles. The maximum absolute atomic E-state index is 12.1. The molecule has 1 aromatic carbocycles. The fourth-order valence-electron chi connectivity index (χ4n) is 2.33. The van der Waals surface area contributed by atoms with E-state index in [2.05, 4.69) is 10.3 Å². The molecule has 0 bridgehead atoms. The molecular formula is C17H21ClN4OS. The summed E-state index contributed by atoms with van der Waals surface area (Å²) < 4.78 is 2.00. The first kappa shape index (κ1) is 18.4. The number of halogens is 1. The van der Waals surface area contributed by atoms with Crippen LogP contribution in [0.4, 0.5) is 5.69 Å². The van der Waals surface area contributed by atoms with Crippen molar-refractivity contribution >= 4 is 40.3 Å². The third-order valence-electron chi connectivity index (χ3n) is 4.10. The number of nitrogens with zero attached hydrogens (tertiary/aromatic N) is 2. The van der Waals surface area contributed by atoms with E-state index < -0.39 is 6.04 Å². The van der Waals surface area contributed by atoms with Gasteiger partial charge in [0, 0.05) is 29.0 Å². The van der Waals surface area contributed by atoms with Gasteiger partial charge < -0.3 is 11.1 Å². The molecular weight excluding hydrogens is 344 g/mol. The number of nitrogens with one attached hydrogen (secondary N) is 1. The van der Waals surface area contributed by atoms with Crippen molar-refractivity contribution in [3.8, 4) is 11.3 Å². The summed E-state index contributed by atoms with van der Waals surface area (Å²) in [6, 6.07) is 7.18. The monoisotopic (exact) mass is 364 g/mol. The normalized spacial score (nSPS) is 13.3. The van der Waals surface area contributed by atoms with Gasteiger partial charge in [0.2, 0.25) is 5.91 Å². The van der Waals surface area contributed by atoms with Crippen molar-refractivity contribution in [1.29, 1.82) is 0 Å². The van der Waals surface area contributed by atoms with Gasteiger partial charge in [-0.25, -0.2) is 4.98 Å². The first-order valence-electron chi connectivity index (χ1n) is 7.67. The SMILES string of the molecule is CCC(C)C(N)C(=O)Nc1ccc(-c2cn3ccsc3n2)cc1.Cl. The van der Waals surface area contributed by atoms with Crippen LogP contribution in [-0.4, -0.2) is 21.3 Å². The standard InChI is InChI=1S/C17H20N4OS.ClH/c1-3-11(2)15(18)16(22)19-13-6-4-12(5-7-13)14-10-21-8-9-23-17(21)20-14;/h4-11,15H,3,18H2,1-2H3,(H,19,22);1H. The average molecular weight is 365 g/mol. The molecule has 128 valence electrons. The molecule has 0 saturated carbocycles. The zero-order valence-corrected chi connectivity index (χ0v) is 15.2. The lowest BCUT2D eigenvalue weighted by atomic mass is 9.99. The number of nitrogens with two attached hydrogens (primary N) is 1. The molecule has 2 atom stereocenters. The van der Waals surface area contributed by atoms with Crippen LogP contribution in [-0.2, 0) is 4.79 Å². The van der Waals surface area contributed by atoms with Gasteiger partial charge >= 0.3 is 0 Å². The van der Waals surface area contributed by atoms with Crippen LogP contribution in [0.5, 0.6) is 0 Å². The van der Waals surface area contributed by atoms with E-state index in [1.165, 1.54) is 0 Å². The Morgan fingerprint density at radius 1 is 1.38 bits per heavy atom. The smallest absolute Gasteiger partial charge is 0.241 e. The van der Waals surface area contributed by atoms with Gasteiger partial charge in [0.15, 0.2) is 4.96 Å². The molecule has 0 aliphatic carbocycles. The van der Waals surface area contributed by atoms with E-state index >= 15 is 0 Å². The molecule has 3 N–H and O–H groups in total. The van der Waals surface area contributed by atoms with Crippen LogP contribution in [0, 0.1) is 5.92 Å². The number of carbonyl (C=O) groups is 1. The summed E-state index contributed by atoms with van der Waals surface area (Å²) >= 11 is 1.60. The lowest BCUT2D eigenvalue weighted by molar-refractivity contribution is -0.118. The fraction of sp³-hybridized carbons (Fsp3) is 0.294. The molecule has 0 aliphatic rings. The topological polar surface area (TPSA) is 72.4 Å². The third-order valence-corrected chi connectivity index (χ3v) is 4.87. The van der Waals surface area contributed by atoms with E-state index in [9.17, 15) is 4.79 Å². The van der Waals surface area contributed by atoms with Gasteiger partial charge in [-0.2, -0.15) is 0 Å². The van der Waals surface area contributed by atoms with Crippen LogP contribution in [0.3, 0.4) is 0 Å². The minimum Gasteiger partial charge on any atom is -0.325 e. The second-order valence-corrected chi connectivity index (χ2v) is 6.57. The van der Waals surface area contributed by atoms with Crippen molar-refractivity contribution in [2.75, 3.05) is 5.32 Å². The number of carbonyl (C=O) groups excluding carboxylic acids is 1. The minimum absolute atomic E-state index is 0. The van der Waals surface area contributed by atoms with Gasteiger partial charge in [-0.1, -0.05) is 32.4 Å². The molecule has 5 nitrogen and oxygen atoms in total. The second-order valence-electron chi connectivity index (χ2n) is 5.70. The first-order chi connectivity index (χ1) is 11.1. The molecule has 3 rings (SSSR count). The largest absolute Gasteiger partial charge is 0.325 e. The summed E-state index contributed by atoms with van der Waals surface area (Å²) in [6.45, 7) is 4.01. The van der Waals surface area contributed by atoms with Crippen molar-refractivity contribution < 1.29 is 4.79 Å². The Balaban J connectivity index is 0.00000208. The first-order valence-corrected chi connectivity index (χ1v) is 8.55. The van der Waals surface area contributed by atoms with Gasteiger partial charge in [0.25, 0.3) is 0 Å². The lowest BCUT2D eigenvalue weighted by Gasteiger charge is -2.17. The van der Waals surface area contributed by atoms with E-state index in [4.69, 9.17) is 5.73 Å². The number of hydrogen-bond acceptors (Lipinski definition) is 4. The molecule has 0 saturated heterocycles. The molecule has 1 amide bonds. The van der Waals surface area contributed by atoms with Gasteiger partial charge in [-0.15, -0.1) is 23.7 Å². The van der Waals surface area contributed by atoms with Crippen LogP contribution in [0.2, 0.25) is 0 Å². The maximum atomic E-state index is 12.1. The van der Waals surface area contributed by atoms with E-state index in [0.29, 0.717) is 0 Å². The highest BCUT2D eigenvalue weighted by Gasteiger charge is 2.19. The van der Waals surface area contributed by atoms with Crippen LogP contribution >= 0.6 is 23.7 Å². The molecule has 2 heterocycles. The van der Waals surface area contributed by atoms with Crippen LogP contribution in [0.15, 0.2) is 42.0 Å². The Kier molecular flexibility index (Phi) is 5.99. The average Bonchev–Trinajstić information content (AvgIpc) is 3.15. The Labute approximate surface area is 151 Å². The summed E-state index contributed by atoms with van der Waals surface area (Å²) in [4.78, 5) is 17.6. The number of amides is 1. The van der Waals surface area contributed by atoms with Crippen LogP contribution < -0.4 is 11.1 Å². The molecule has 2 aromatic heterocycles. The summed E-state index contributed by atoms with van der Waals surface area (Å²) in [6.07, 6.45) is 4.87. The van der Waals surface area contributed by atoms with Crippen molar-refractivity contribution in [2.45, 2.75) is 26.3 Å². The quantitative estimate of drug-likeness (QED) is 0.723. The summed E-state index contributed by atoms with van der Waals surface area (Å²) in [5.74, 6) is 0.0161. The zero-order valence-electron chi connectivity index (χ0n) is 13.6. The van der Waals surface area contributed by atoms with Crippen molar-refractivity contribution in [3.63, 3.8) is 0 Å². The number of hydrogen-bond donors (Lipinski definition) is 2. The predicted molar refractivity (Wildman–Crippen MR) is 102 cm³/mol. The van der Waals surface area contributed by atoms with Gasteiger partial charge in [0.1, 0.15) is 0 Å². The number of anilines is 1.